The molecule has 1 atom stereocenters. The van der Waals surface area contributed by atoms with Gasteiger partial charge in [0.2, 0.25) is 0 Å². The maximum atomic E-state index is 12.6. The van der Waals surface area contributed by atoms with Crippen molar-refractivity contribution in [3.05, 3.63) is 58.6 Å². The summed E-state index contributed by atoms with van der Waals surface area (Å²) in [7, 11) is 0. The second kappa shape index (κ2) is 5.71. The SMILES string of the molecule is O=C(c1ccnc(Br)c1)N1CCCC1c1cccnc1. The topological polar surface area (TPSA) is 46.1 Å². The largest absolute Gasteiger partial charge is 0.332 e. The van der Waals surface area contributed by atoms with E-state index in [0.29, 0.717) is 10.2 Å². The van der Waals surface area contributed by atoms with Crippen LogP contribution >= 0.6 is 15.9 Å². The fourth-order valence-electron chi connectivity index (χ4n) is 2.63. The number of rotatable bonds is 2. The van der Waals surface area contributed by atoms with E-state index in [1.54, 1.807) is 24.5 Å². The molecule has 1 aliphatic heterocycles. The molecule has 0 radical (unpaired) electrons. The summed E-state index contributed by atoms with van der Waals surface area (Å²) in [5.74, 6) is 0.0550. The Balaban J connectivity index is 1.87. The lowest BCUT2D eigenvalue weighted by Gasteiger charge is -2.25. The molecule has 1 fully saturated rings. The minimum absolute atomic E-state index is 0.0550. The number of aromatic nitrogens is 2. The van der Waals surface area contributed by atoms with Crippen LogP contribution in [0.2, 0.25) is 0 Å². The first-order chi connectivity index (χ1) is 9.75. The van der Waals surface area contributed by atoms with Crippen molar-refractivity contribution < 1.29 is 4.79 Å². The van der Waals surface area contributed by atoms with Gasteiger partial charge in [0, 0.05) is 30.7 Å². The molecule has 0 aliphatic carbocycles. The average Bonchev–Trinajstić information content (AvgIpc) is 2.97. The van der Waals surface area contributed by atoms with Crippen LogP contribution in [0.4, 0.5) is 0 Å². The van der Waals surface area contributed by atoms with Gasteiger partial charge in [-0.3, -0.25) is 9.78 Å². The van der Waals surface area contributed by atoms with Gasteiger partial charge in [-0.05, 0) is 52.5 Å². The first kappa shape index (κ1) is 13.2. The average molecular weight is 332 g/mol. The first-order valence-corrected chi connectivity index (χ1v) is 7.37. The first-order valence-electron chi connectivity index (χ1n) is 6.58. The summed E-state index contributed by atoms with van der Waals surface area (Å²) >= 11 is 3.31. The van der Waals surface area contributed by atoms with Crippen LogP contribution in [0.5, 0.6) is 0 Å². The van der Waals surface area contributed by atoms with Crippen LogP contribution < -0.4 is 0 Å². The Hall–Kier alpha value is -1.75. The zero-order valence-corrected chi connectivity index (χ0v) is 12.5. The second-order valence-electron chi connectivity index (χ2n) is 4.81. The highest BCUT2D eigenvalue weighted by Crippen LogP contribution is 2.32. The molecule has 0 N–H and O–H groups in total. The molecule has 2 aromatic rings. The van der Waals surface area contributed by atoms with Gasteiger partial charge in [0.15, 0.2) is 0 Å². The molecule has 102 valence electrons. The predicted octanol–water partition coefficient (Wildman–Crippen LogP) is 3.22. The molecule has 1 unspecified atom stereocenters. The van der Waals surface area contributed by atoms with Gasteiger partial charge < -0.3 is 4.90 Å². The van der Waals surface area contributed by atoms with Crippen LogP contribution in [-0.4, -0.2) is 27.3 Å². The Morgan fingerprint density at radius 2 is 2.25 bits per heavy atom. The molecule has 1 aliphatic rings. The summed E-state index contributed by atoms with van der Waals surface area (Å²) in [4.78, 5) is 22.8. The van der Waals surface area contributed by atoms with E-state index in [0.717, 1.165) is 24.9 Å². The standard InChI is InChI=1S/C15H14BrN3O/c16-14-9-11(5-7-18-14)15(20)19-8-2-4-13(19)12-3-1-6-17-10-12/h1,3,5-7,9-10,13H,2,4,8H2. The van der Waals surface area contributed by atoms with Crippen LogP contribution in [0.1, 0.15) is 34.8 Å². The number of hydrogen-bond acceptors (Lipinski definition) is 3. The highest BCUT2D eigenvalue weighted by atomic mass is 79.9. The summed E-state index contributed by atoms with van der Waals surface area (Å²) in [5, 5.41) is 0. The van der Waals surface area contributed by atoms with Gasteiger partial charge in [0.25, 0.3) is 5.91 Å². The van der Waals surface area contributed by atoms with Gasteiger partial charge in [0.05, 0.1) is 6.04 Å². The van der Waals surface area contributed by atoms with E-state index in [1.165, 1.54) is 0 Å². The number of pyridine rings is 2. The molecular weight excluding hydrogens is 318 g/mol. The zero-order valence-electron chi connectivity index (χ0n) is 10.9. The van der Waals surface area contributed by atoms with E-state index in [4.69, 9.17) is 0 Å². The third-order valence-electron chi connectivity index (χ3n) is 3.56. The minimum atomic E-state index is 0.0550. The third-order valence-corrected chi connectivity index (χ3v) is 3.99. The van der Waals surface area contributed by atoms with Gasteiger partial charge in [-0.25, -0.2) is 4.98 Å². The van der Waals surface area contributed by atoms with Gasteiger partial charge in [-0.1, -0.05) is 6.07 Å². The lowest BCUT2D eigenvalue weighted by atomic mass is 10.1. The van der Waals surface area contributed by atoms with E-state index in [1.807, 2.05) is 23.2 Å². The second-order valence-corrected chi connectivity index (χ2v) is 5.62. The molecule has 1 amide bonds. The Morgan fingerprint density at radius 1 is 1.35 bits per heavy atom. The van der Waals surface area contributed by atoms with Crippen molar-refractivity contribution in [2.24, 2.45) is 0 Å². The smallest absolute Gasteiger partial charge is 0.254 e. The van der Waals surface area contributed by atoms with Gasteiger partial charge in [0.1, 0.15) is 4.60 Å². The number of carbonyl (C=O) groups is 1. The molecule has 0 bridgehead atoms. The van der Waals surface area contributed by atoms with Crippen molar-refractivity contribution in [3.8, 4) is 0 Å². The maximum Gasteiger partial charge on any atom is 0.254 e. The molecule has 3 rings (SSSR count). The van der Waals surface area contributed by atoms with Gasteiger partial charge >= 0.3 is 0 Å². The predicted molar refractivity (Wildman–Crippen MR) is 79.2 cm³/mol. The van der Waals surface area contributed by atoms with E-state index in [9.17, 15) is 4.79 Å². The van der Waals surface area contributed by atoms with E-state index in [2.05, 4.69) is 25.9 Å². The lowest BCUT2D eigenvalue weighted by molar-refractivity contribution is 0.0735. The normalized spacial score (nSPS) is 18.2. The summed E-state index contributed by atoms with van der Waals surface area (Å²) in [6.45, 7) is 0.790. The van der Waals surface area contributed by atoms with Crippen molar-refractivity contribution >= 4 is 21.8 Å². The summed E-state index contributed by atoms with van der Waals surface area (Å²) < 4.78 is 0.681. The zero-order chi connectivity index (χ0) is 13.9. The molecule has 4 nitrogen and oxygen atoms in total. The molecule has 0 saturated carbocycles. The van der Waals surface area contributed by atoms with Crippen LogP contribution in [0.3, 0.4) is 0 Å². The van der Waals surface area contributed by atoms with Crippen LogP contribution in [-0.2, 0) is 0 Å². The monoisotopic (exact) mass is 331 g/mol. The highest BCUT2D eigenvalue weighted by Gasteiger charge is 2.30. The number of hydrogen-bond donors (Lipinski definition) is 0. The Kier molecular flexibility index (Phi) is 3.78. The molecule has 0 aromatic carbocycles. The molecule has 20 heavy (non-hydrogen) atoms. The van der Waals surface area contributed by atoms with Crippen molar-refractivity contribution in [2.45, 2.75) is 18.9 Å². The summed E-state index contributed by atoms with van der Waals surface area (Å²) in [5.41, 5.74) is 1.77. The number of halogens is 1. The van der Waals surface area contributed by atoms with E-state index >= 15 is 0 Å². The Morgan fingerprint density at radius 3 is 3.00 bits per heavy atom. The molecule has 3 heterocycles. The van der Waals surface area contributed by atoms with Crippen LogP contribution in [0.15, 0.2) is 47.5 Å². The number of nitrogens with zero attached hydrogens (tertiary/aromatic N) is 3. The van der Waals surface area contributed by atoms with Crippen molar-refractivity contribution in [3.63, 3.8) is 0 Å². The number of likely N-dealkylation sites (tertiary alicyclic amines) is 1. The summed E-state index contributed by atoms with van der Waals surface area (Å²) in [6, 6.07) is 7.60. The Labute approximate surface area is 126 Å². The maximum absolute atomic E-state index is 12.6. The highest BCUT2D eigenvalue weighted by molar-refractivity contribution is 9.10. The number of carbonyl (C=O) groups excluding carboxylic acids is 1. The molecule has 5 heteroatoms. The van der Waals surface area contributed by atoms with E-state index in [-0.39, 0.29) is 11.9 Å². The quantitative estimate of drug-likeness (QED) is 0.794. The molecule has 0 spiro atoms. The van der Waals surface area contributed by atoms with Crippen LogP contribution in [0, 0.1) is 0 Å². The number of amides is 1. The van der Waals surface area contributed by atoms with E-state index < -0.39 is 0 Å². The Bertz CT molecular complexity index is 618. The fraction of sp³-hybridized carbons (Fsp3) is 0.267. The molecule has 1 saturated heterocycles. The fourth-order valence-corrected chi connectivity index (χ4v) is 3.00. The van der Waals surface area contributed by atoms with Crippen molar-refractivity contribution in [1.82, 2.24) is 14.9 Å². The van der Waals surface area contributed by atoms with Crippen molar-refractivity contribution in [2.75, 3.05) is 6.54 Å². The molecular formula is C15H14BrN3O. The minimum Gasteiger partial charge on any atom is -0.332 e. The third kappa shape index (κ3) is 2.58. The van der Waals surface area contributed by atoms with Crippen LogP contribution in [0.25, 0.3) is 0 Å². The molecule has 2 aromatic heterocycles. The van der Waals surface area contributed by atoms with Gasteiger partial charge in [-0.2, -0.15) is 0 Å². The lowest BCUT2D eigenvalue weighted by Crippen LogP contribution is -2.30. The van der Waals surface area contributed by atoms with Crippen molar-refractivity contribution in [1.29, 1.82) is 0 Å². The summed E-state index contributed by atoms with van der Waals surface area (Å²) in [6.07, 6.45) is 7.26. The van der Waals surface area contributed by atoms with Gasteiger partial charge in [-0.15, -0.1) is 0 Å².